The SMILES string of the molecule is CCCCCCCCCCCCOC(=N)CC[N+](CC)(CC)CC(=O)[O-]. The summed E-state index contributed by atoms with van der Waals surface area (Å²) in [5, 5.41) is 18.9. The van der Waals surface area contributed by atoms with Gasteiger partial charge in [0.05, 0.1) is 38.6 Å². The molecule has 154 valence electrons. The minimum atomic E-state index is -1.02. The molecule has 0 aliphatic heterocycles. The maximum Gasteiger partial charge on any atom is 0.186 e. The summed E-state index contributed by atoms with van der Waals surface area (Å²) in [6.45, 7) is 8.93. The molecule has 0 aliphatic carbocycles. The molecule has 0 saturated heterocycles. The first-order chi connectivity index (χ1) is 12.5. The molecule has 0 aromatic heterocycles. The molecule has 0 amide bonds. The molecule has 0 rings (SSSR count). The van der Waals surface area contributed by atoms with Crippen molar-refractivity contribution in [3.05, 3.63) is 0 Å². The van der Waals surface area contributed by atoms with Gasteiger partial charge in [0.25, 0.3) is 0 Å². The van der Waals surface area contributed by atoms with Gasteiger partial charge in [0.1, 0.15) is 6.54 Å². The summed E-state index contributed by atoms with van der Waals surface area (Å²) in [6, 6.07) is 0. The van der Waals surface area contributed by atoms with Crippen molar-refractivity contribution in [1.82, 2.24) is 0 Å². The van der Waals surface area contributed by atoms with Gasteiger partial charge in [-0.1, -0.05) is 64.7 Å². The fourth-order valence-electron chi connectivity index (χ4n) is 3.31. The van der Waals surface area contributed by atoms with Crippen molar-refractivity contribution < 1.29 is 19.1 Å². The van der Waals surface area contributed by atoms with E-state index in [9.17, 15) is 9.90 Å². The number of carbonyl (C=O) groups is 1. The summed E-state index contributed by atoms with van der Waals surface area (Å²) < 4.78 is 5.96. The van der Waals surface area contributed by atoms with Gasteiger partial charge in [-0.05, 0) is 20.3 Å². The van der Waals surface area contributed by atoms with Crippen LogP contribution in [0.25, 0.3) is 0 Å². The predicted molar refractivity (Wildman–Crippen MR) is 106 cm³/mol. The van der Waals surface area contributed by atoms with Crippen molar-refractivity contribution in [3.63, 3.8) is 0 Å². The first-order valence-corrected chi connectivity index (χ1v) is 10.7. The van der Waals surface area contributed by atoms with Crippen molar-refractivity contribution >= 4 is 11.9 Å². The zero-order valence-corrected chi connectivity index (χ0v) is 17.5. The predicted octanol–water partition coefficient (Wildman–Crippen LogP) is 3.90. The number of quaternary nitrogens is 1. The number of likely N-dealkylation sites (N-methyl/N-ethyl adjacent to an activating group) is 1. The van der Waals surface area contributed by atoms with Crippen molar-refractivity contribution in [2.24, 2.45) is 0 Å². The Bertz CT molecular complexity index is 368. The highest BCUT2D eigenvalue weighted by atomic mass is 16.5. The largest absolute Gasteiger partial charge is 0.544 e. The van der Waals surface area contributed by atoms with E-state index in [2.05, 4.69) is 6.92 Å². The second-order valence-electron chi connectivity index (χ2n) is 7.43. The molecule has 0 atom stereocenters. The summed E-state index contributed by atoms with van der Waals surface area (Å²) >= 11 is 0. The molecule has 5 heteroatoms. The van der Waals surface area contributed by atoms with E-state index in [1.165, 1.54) is 51.4 Å². The van der Waals surface area contributed by atoms with Gasteiger partial charge in [-0.15, -0.1) is 0 Å². The van der Waals surface area contributed by atoms with Crippen LogP contribution in [0.3, 0.4) is 0 Å². The molecule has 5 nitrogen and oxygen atoms in total. The lowest BCUT2D eigenvalue weighted by Gasteiger charge is -2.37. The van der Waals surface area contributed by atoms with Gasteiger partial charge >= 0.3 is 0 Å². The molecule has 0 unspecified atom stereocenters. The number of rotatable bonds is 18. The van der Waals surface area contributed by atoms with Crippen LogP contribution in [-0.4, -0.2) is 49.1 Å². The van der Waals surface area contributed by atoms with E-state index < -0.39 is 5.97 Å². The number of nitrogens with zero attached hydrogens (tertiary/aromatic N) is 1. The summed E-state index contributed by atoms with van der Waals surface area (Å²) in [4.78, 5) is 11.0. The second-order valence-corrected chi connectivity index (χ2v) is 7.43. The van der Waals surface area contributed by atoms with Crippen LogP contribution in [0, 0.1) is 5.41 Å². The van der Waals surface area contributed by atoms with Crippen LogP contribution < -0.4 is 5.11 Å². The highest BCUT2D eigenvalue weighted by molar-refractivity contribution is 5.72. The smallest absolute Gasteiger partial charge is 0.186 e. The maximum atomic E-state index is 11.0. The quantitative estimate of drug-likeness (QED) is 0.172. The van der Waals surface area contributed by atoms with Gasteiger partial charge in [-0.25, -0.2) is 0 Å². The number of nitrogens with one attached hydrogen (secondary N) is 1. The maximum absolute atomic E-state index is 11.0. The molecule has 0 aromatic carbocycles. The number of aliphatic carboxylic acids is 1. The molecule has 0 bridgehead atoms. The van der Waals surface area contributed by atoms with Gasteiger partial charge in [-0.2, -0.15) is 0 Å². The molecule has 0 saturated carbocycles. The zero-order valence-electron chi connectivity index (χ0n) is 17.5. The number of carboxylic acids is 1. The van der Waals surface area contributed by atoms with Gasteiger partial charge in [-0.3, -0.25) is 5.41 Å². The van der Waals surface area contributed by atoms with E-state index in [-0.39, 0.29) is 12.4 Å². The Morgan fingerprint density at radius 2 is 1.38 bits per heavy atom. The molecular weight excluding hydrogens is 328 g/mol. The average Bonchev–Trinajstić information content (AvgIpc) is 2.63. The number of ether oxygens (including phenoxy) is 1. The Labute approximate surface area is 161 Å². The third-order valence-electron chi connectivity index (χ3n) is 5.39. The number of hydrogen-bond acceptors (Lipinski definition) is 4. The molecule has 26 heavy (non-hydrogen) atoms. The van der Waals surface area contributed by atoms with Gasteiger partial charge in [0.2, 0.25) is 0 Å². The Morgan fingerprint density at radius 3 is 1.85 bits per heavy atom. The number of carboxylic acid groups (broad SMARTS) is 1. The first-order valence-electron chi connectivity index (χ1n) is 10.7. The van der Waals surface area contributed by atoms with Crippen molar-refractivity contribution in [1.29, 1.82) is 5.41 Å². The van der Waals surface area contributed by atoms with E-state index in [4.69, 9.17) is 10.1 Å². The molecule has 0 aromatic rings. The first kappa shape index (κ1) is 24.9. The van der Waals surface area contributed by atoms with Gasteiger partial charge < -0.3 is 19.1 Å². The van der Waals surface area contributed by atoms with Crippen LogP contribution in [0.1, 0.15) is 91.4 Å². The van der Waals surface area contributed by atoms with Gasteiger partial charge in [0, 0.05) is 0 Å². The third-order valence-corrected chi connectivity index (χ3v) is 5.39. The van der Waals surface area contributed by atoms with Crippen LogP contribution in [0.5, 0.6) is 0 Å². The second kappa shape index (κ2) is 16.1. The molecular formula is C21H42N2O3. The van der Waals surface area contributed by atoms with Gasteiger partial charge in [0.15, 0.2) is 5.90 Å². The minimum absolute atomic E-state index is 0.0126. The van der Waals surface area contributed by atoms with Crippen molar-refractivity contribution in [2.75, 3.05) is 32.8 Å². The van der Waals surface area contributed by atoms with E-state index in [1.807, 2.05) is 13.8 Å². The lowest BCUT2D eigenvalue weighted by Crippen LogP contribution is -2.54. The van der Waals surface area contributed by atoms with Crippen LogP contribution in [-0.2, 0) is 9.53 Å². The highest BCUT2D eigenvalue weighted by Gasteiger charge is 2.24. The fourth-order valence-corrected chi connectivity index (χ4v) is 3.31. The Hall–Kier alpha value is -1.10. The Balaban J connectivity index is 3.66. The van der Waals surface area contributed by atoms with Crippen LogP contribution in [0.15, 0.2) is 0 Å². The Morgan fingerprint density at radius 1 is 0.885 bits per heavy atom. The van der Waals surface area contributed by atoms with Crippen LogP contribution in [0.4, 0.5) is 0 Å². The normalized spacial score (nSPS) is 11.5. The highest BCUT2D eigenvalue weighted by Crippen LogP contribution is 2.11. The van der Waals surface area contributed by atoms with E-state index in [1.54, 1.807) is 0 Å². The molecule has 0 fully saturated rings. The van der Waals surface area contributed by atoms with Crippen LogP contribution >= 0.6 is 0 Å². The number of hydrogen-bond donors (Lipinski definition) is 1. The average molecular weight is 371 g/mol. The van der Waals surface area contributed by atoms with Crippen molar-refractivity contribution in [2.45, 2.75) is 91.4 Å². The lowest BCUT2D eigenvalue weighted by atomic mass is 10.1. The summed E-state index contributed by atoms with van der Waals surface area (Å²) in [5.41, 5.74) is 0. The standard InChI is InChI=1S/C21H42N2O3/c1-4-7-8-9-10-11-12-13-14-15-18-26-20(22)16-17-23(5-2,6-3)19-21(24)25/h22H,4-19H2,1-3H3. The number of unbranched alkanes of at least 4 members (excludes halogenated alkanes) is 9. The van der Waals surface area contributed by atoms with Crippen molar-refractivity contribution in [3.8, 4) is 0 Å². The third kappa shape index (κ3) is 13.2. The summed E-state index contributed by atoms with van der Waals surface area (Å²) in [6.07, 6.45) is 13.3. The summed E-state index contributed by atoms with van der Waals surface area (Å²) in [5.74, 6) is -0.741. The topological polar surface area (TPSA) is 73.2 Å². The molecule has 0 heterocycles. The van der Waals surface area contributed by atoms with E-state index >= 15 is 0 Å². The van der Waals surface area contributed by atoms with E-state index in [0.29, 0.717) is 24.1 Å². The zero-order chi connectivity index (χ0) is 19.7. The molecule has 0 aliphatic rings. The summed E-state index contributed by atoms with van der Waals surface area (Å²) in [7, 11) is 0. The monoisotopic (exact) mass is 370 g/mol. The van der Waals surface area contributed by atoms with E-state index in [0.717, 1.165) is 25.9 Å². The fraction of sp³-hybridized carbons (Fsp3) is 0.905. The molecule has 0 spiro atoms. The van der Waals surface area contributed by atoms with Crippen LogP contribution in [0.2, 0.25) is 0 Å². The number of carbonyl (C=O) groups excluding carboxylic acids is 1. The lowest BCUT2D eigenvalue weighted by molar-refractivity contribution is -0.919. The minimum Gasteiger partial charge on any atom is -0.544 e. The molecule has 1 N–H and O–H groups in total. The molecule has 0 radical (unpaired) electrons. The Kier molecular flexibility index (Phi) is 15.4.